The van der Waals surface area contributed by atoms with E-state index in [1.165, 1.54) is 0 Å². The molecule has 0 aliphatic carbocycles. The number of methoxy groups -OCH3 is 1. The van der Waals surface area contributed by atoms with Crippen LogP contribution in [0.3, 0.4) is 0 Å². The number of carbonyl (C=O) groups is 1. The van der Waals surface area contributed by atoms with Crippen LogP contribution < -0.4 is 10.1 Å². The van der Waals surface area contributed by atoms with Gasteiger partial charge in [-0.3, -0.25) is 4.79 Å². The topological polar surface area (TPSA) is 58.6 Å². The summed E-state index contributed by atoms with van der Waals surface area (Å²) in [5.41, 5.74) is -0.0529. The van der Waals surface area contributed by atoms with Crippen LogP contribution in [0.1, 0.15) is 26.3 Å². The van der Waals surface area contributed by atoms with Gasteiger partial charge in [-0.25, -0.2) is 0 Å². The fraction of sp³-hybridized carbons (Fsp3) is 0.533. The van der Waals surface area contributed by atoms with Gasteiger partial charge in [0.05, 0.1) is 19.1 Å². The van der Waals surface area contributed by atoms with Crippen LogP contribution in [-0.2, 0) is 11.2 Å². The SMILES string of the molecule is COc1ccccc1CC(=O)NCC(C)(O)C(C)C. The monoisotopic (exact) mass is 265 g/mol. The van der Waals surface area contributed by atoms with Crippen molar-refractivity contribution in [2.75, 3.05) is 13.7 Å². The summed E-state index contributed by atoms with van der Waals surface area (Å²) in [4.78, 5) is 11.9. The van der Waals surface area contributed by atoms with E-state index >= 15 is 0 Å². The molecule has 4 heteroatoms. The first-order valence-electron chi connectivity index (χ1n) is 6.48. The summed E-state index contributed by atoms with van der Waals surface area (Å²) < 4.78 is 5.20. The average Bonchev–Trinajstić information content (AvgIpc) is 2.37. The number of ether oxygens (including phenoxy) is 1. The van der Waals surface area contributed by atoms with E-state index in [0.717, 1.165) is 5.56 Å². The molecular weight excluding hydrogens is 242 g/mol. The fourth-order valence-corrected chi connectivity index (χ4v) is 1.57. The van der Waals surface area contributed by atoms with Gasteiger partial charge in [0, 0.05) is 12.1 Å². The molecule has 0 saturated heterocycles. The highest BCUT2D eigenvalue weighted by molar-refractivity contribution is 5.79. The predicted octanol–water partition coefficient (Wildman–Crippen LogP) is 1.76. The van der Waals surface area contributed by atoms with Gasteiger partial charge in [-0.05, 0) is 18.9 Å². The second kappa shape index (κ2) is 6.57. The summed E-state index contributed by atoms with van der Waals surface area (Å²) in [5, 5.41) is 12.8. The molecular formula is C15H23NO3. The summed E-state index contributed by atoms with van der Waals surface area (Å²) in [6.45, 7) is 5.82. The second-order valence-corrected chi connectivity index (χ2v) is 5.28. The Morgan fingerprint density at radius 2 is 2.05 bits per heavy atom. The van der Waals surface area contributed by atoms with Crippen molar-refractivity contribution in [3.8, 4) is 5.75 Å². The van der Waals surface area contributed by atoms with Crippen LogP contribution in [-0.4, -0.2) is 30.3 Å². The van der Waals surface area contributed by atoms with Crippen molar-refractivity contribution in [3.63, 3.8) is 0 Å². The molecule has 0 saturated carbocycles. The Bertz CT molecular complexity index is 427. The molecule has 1 amide bonds. The Hall–Kier alpha value is -1.55. The zero-order valence-electron chi connectivity index (χ0n) is 12.1. The Morgan fingerprint density at radius 1 is 1.42 bits per heavy atom. The molecule has 19 heavy (non-hydrogen) atoms. The van der Waals surface area contributed by atoms with E-state index in [1.807, 2.05) is 38.1 Å². The zero-order chi connectivity index (χ0) is 14.5. The number of amides is 1. The van der Waals surface area contributed by atoms with E-state index in [2.05, 4.69) is 5.32 Å². The Balaban J connectivity index is 2.57. The van der Waals surface area contributed by atoms with Crippen LogP contribution in [0.15, 0.2) is 24.3 Å². The number of para-hydroxylation sites is 1. The van der Waals surface area contributed by atoms with Crippen molar-refractivity contribution in [3.05, 3.63) is 29.8 Å². The lowest BCUT2D eigenvalue weighted by Crippen LogP contribution is -2.44. The van der Waals surface area contributed by atoms with Gasteiger partial charge in [0.1, 0.15) is 5.75 Å². The normalized spacial score (nSPS) is 14.0. The van der Waals surface area contributed by atoms with E-state index < -0.39 is 5.60 Å². The molecule has 106 valence electrons. The van der Waals surface area contributed by atoms with Gasteiger partial charge in [0.2, 0.25) is 5.91 Å². The quantitative estimate of drug-likeness (QED) is 0.824. The number of hydrogen-bond acceptors (Lipinski definition) is 3. The van der Waals surface area contributed by atoms with Crippen LogP contribution in [0.4, 0.5) is 0 Å². The number of hydrogen-bond donors (Lipinski definition) is 2. The van der Waals surface area contributed by atoms with Gasteiger partial charge in [0.25, 0.3) is 0 Å². The molecule has 0 aliphatic rings. The van der Waals surface area contributed by atoms with Gasteiger partial charge in [-0.15, -0.1) is 0 Å². The van der Waals surface area contributed by atoms with Gasteiger partial charge in [0.15, 0.2) is 0 Å². The highest BCUT2D eigenvalue weighted by Crippen LogP contribution is 2.18. The Labute approximate surface area is 114 Å². The first kappa shape index (κ1) is 15.5. The molecule has 1 rings (SSSR count). The molecule has 0 radical (unpaired) electrons. The maximum atomic E-state index is 11.9. The van der Waals surface area contributed by atoms with Crippen molar-refractivity contribution >= 4 is 5.91 Å². The minimum absolute atomic E-state index is 0.0825. The number of rotatable bonds is 6. The lowest BCUT2D eigenvalue weighted by Gasteiger charge is -2.27. The van der Waals surface area contributed by atoms with E-state index in [1.54, 1.807) is 14.0 Å². The van der Waals surface area contributed by atoms with Crippen LogP contribution in [0, 0.1) is 5.92 Å². The first-order chi connectivity index (χ1) is 8.86. The van der Waals surface area contributed by atoms with Crippen molar-refractivity contribution in [1.82, 2.24) is 5.32 Å². The molecule has 0 bridgehead atoms. The van der Waals surface area contributed by atoms with Crippen LogP contribution in [0.2, 0.25) is 0 Å². The van der Waals surface area contributed by atoms with Gasteiger partial charge >= 0.3 is 0 Å². The Morgan fingerprint density at radius 3 is 2.63 bits per heavy atom. The average molecular weight is 265 g/mol. The summed E-state index contributed by atoms with van der Waals surface area (Å²) in [7, 11) is 1.58. The van der Waals surface area contributed by atoms with Crippen molar-refractivity contribution in [2.24, 2.45) is 5.92 Å². The molecule has 1 unspecified atom stereocenters. The van der Waals surface area contributed by atoms with Gasteiger partial charge in [-0.1, -0.05) is 32.0 Å². The second-order valence-electron chi connectivity index (χ2n) is 5.28. The smallest absolute Gasteiger partial charge is 0.224 e. The highest BCUT2D eigenvalue weighted by Gasteiger charge is 2.25. The third-order valence-corrected chi connectivity index (χ3v) is 3.43. The van der Waals surface area contributed by atoms with Crippen molar-refractivity contribution < 1.29 is 14.6 Å². The maximum absolute atomic E-state index is 11.9. The minimum Gasteiger partial charge on any atom is -0.496 e. The van der Waals surface area contributed by atoms with Gasteiger partial charge in [-0.2, -0.15) is 0 Å². The molecule has 0 aromatic heterocycles. The molecule has 0 spiro atoms. The Kier molecular flexibility index (Phi) is 5.36. The van der Waals surface area contributed by atoms with E-state index in [4.69, 9.17) is 4.74 Å². The maximum Gasteiger partial charge on any atom is 0.224 e. The molecule has 1 atom stereocenters. The number of nitrogens with one attached hydrogen (secondary N) is 1. The third kappa shape index (κ3) is 4.56. The fourth-order valence-electron chi connectivity index (χ4n) is 1.57. The number of carbonyl (C=O) groups excluding carboxylic acids is 1. The molecule has 1 aromatic rings. The van der Waals surface area contributed by atoms with Gasteiger partial charge < -0.3 is 15.2 Å². The third-order valence-electron chi connectivity index (χ3n) is 3.43. The molecule has 1 aromatic carbocycles. The van der Waals surface area contributed by atoms with Crippen LogP contribution >= 0.6 is 0 Å². The van der Waals surface area contributed by atoms with Crippen LogP contribution in [0.25, 0.3) is 0 Å². The van der Waals surface area contributed by atoms with E-state index in [-0.39, 0.29) is 24.8 Å². The molecule has 0 aliphatic heterocycles. The zero-order valence-corrected chi connectivity index (χ0v) is 12.1. The summed E-state index contributed by atoms with van der Waals surface area (Å²) in [6.07, 6.45) is 0.248. The molecule has 0 heterocycles. The van der Waals surface area contributed by atoms with E-state index in [9.17, 15) is 9.90 Å². The van der Waals surface area contributed by atoms with E-state index in [0.29, 0.717) is 5.75 Å². The van der Waals surface area contributed by atoms with Crippen molar-refractivity contribution in [1.29, 1.82) is 0 Å². The standard InChI is InChI=1S/C15H23NO3/c1-11(2)15(3,18)10-16-14(17)9-12-7-5-6-8-13(12)19-4/h5-8,11,18H,9-10H2,1-4H3,(H,16,17). The van der Waals surface area contributed by atoms with Crippen molar-refractivity contribution in [2.45, 2.75) is 32.8 Å². The lowest BCUT2D eigenvalue weighted by molar-refractivity contribution is -0.122. The largest absolute Gasteiger partial charge is 0.496 e. The molecule has 2 N–H and O–H groups in total. The van der Waals surface area contributed by atoms with Crippen LogP contribution in [0.5, 0.6) is 5.75 Å². The summed E-state index contributed by atoms with van der Waals surface area (Å²) in [5.74, 6) is 0.665. The lowest BCUT2D eigenvalue weighted by atomic mass is 9.92. The molecule has 4 nitrogen and oxygen atoms in total. The summed E-state index contributed by atoms with van der Waals surface area (Å²) >= 11 is 0. The molecule has 0 fully saturated rings. The first-order valence-corrected chi connectivity index (χ1v) is 6.48. The highest BCUT2D eigenvalue weighted by atomic mass is 16.5. The number of benzene rings is 1. The summed E-state index contributed by atoms with van der Waals surface area (Å²) in [6, 6.07) is 7.42. The number of aliphatic hydroxyl groups is 1. The predicted molar refractivity (Wildman–Crippen MR) is 75.2 cm³/mol. The minimum atomic E-state index is -0.892.